The first-order valence-electron chi connectivity index (χ1n) is 5.86. The highest BCUT2D eigenvalue weighted by Gasteiger charge is 2.08. The molecule has 17 heavy (non-hydrogen) atoms. The second-order valence-electron chi connectivity index (χ2n) is 3.81. The van der Waals surface area contributed by atoms with Gasteiger partial charge in [0.15, 0.2) is 0 Å². The van der Waals surface area contributed by atoms with Gasteiger partial charge in [0.2, 0.25) is 0 Å². The van der Waals surface area contributed by atoms with Crippen molar-refractivity contribution in [3.63, 3.8) is 0 Å². The molecule has 1 aromatic rings. The lowest BCUT2D eigenvalue weighted by Crippen LogP contribution is -2.29. The van der Waals surface area contributed by atoms with Gasteiger partial charge in [-0.1, -0.05) is 6.92 Å². The molecule has 1 rings (SSSR count). The highest BCUT2D eigenvalue weighted by Crippen LogP contribution is 2.31. The molecule has 0 radical (unpaired) electrons. The Bertz CT molecular complexity index is 342. The predicted molar refractivity (Wildman–Crippen MR) is 71.4 cm³/mol. The van der Waals surface area contributed by atoms with Crippen molar-refractivity contribution in [1.82, 2.24) is 5.32 Å². The molecule has 0 saturated heterocycles. The molecule has 0 atom stereocenters. The van der Waals surface area contributed by atoms with Gasteiger partial charge in [0, 0.05) is 26.2 Å². The van der Waals surface area contributed by atoms with Crippen molar-refractivity contribution in [2.75, 3.05) is 45.8 Å². The third kappa shape index (κ3) is 3.82. The highest BCUT2D eigenvalue weighted by molar-refractivity contribution is 5.60. The summed E-state index contributed by atoms with van der Waals surface area (Å²) in [6.07, 6.45) is 0. The number of nitrogens with zero attached hydrogens (tertiary/aromatic N) is 1. The number of nitrogens with one attached hydrogen (secondary N) is 1. The fourth-order valence-electron chi connectivity index (χ4n) is 1.64. The summed E-state index contributed by atoms with van der Waals surface area (Å²) in [5.74, 6) is 1.65. The first-order chi connectivity index (χ1) is 8.22. The van der Waals surface area contributed by atoms with E-state index in [1.807, 2.05) is 18.2 Å². The summed E-state index contributed by atoms with van der Waals surface area (Å²) in [5, 5.41) is 3.30. The normalized spacial score (nSPS) is 10.1. The largest absolute Gasteiger partial charge is 0.497 e. The molecule has 0 fully saturated rings. The fourth-order valence-corrected chi connectivity index (χ4v) is 1.64. The second-order valence-corrected chi connectivity index (χ2v) is 3.81. The van der Waals surface area contributed by atoms with Gasteiger partial charge in [-0.25, -0.2) is 0 Å². The molecule has 4 nitrogen and oxygen atoms in total. The van der Waals surface area contributed by atoms with Crippen LogP contribution in [-0.4, -0.2) is 40.9 Å². The Balaban J connectivity index is 2.74. The summed E-state index contributed by atoms with van der Waals surface area (Å²) < 4.78 is 10.6. The summed E-state index contributed by atoms with van der Waals surface area (Å²) in [5.41, 5.74) is 1.08. The lowest BCUT2D eigenvalue weighted by Gasteiger charge is -2.22. The molecule has 4 heteroatoms. The van der Waals surface area contributed by atoms with E-state index in [0.717, 1.165) is 36.8 Å². The van der Waals surface area contributed by atoms with Gasteiger partial charge in [0.1, 0.15) is 11.5 Å². The zero-order chi connectivity index (χ0) is 12.7. The molecule has 0 amide bonds. The molecule has 96 valence electrons. The molecule has 0 heterocycles. The molecule has 0 unspecified atom stereocenters. The summed E-state index contributed by atoms with van der Waals surface area (Å²) >= 11 is 0. The first kappa shape index (κ1) is 13.6. The average molecular weight is 238 g/mol. The molecule has 0 aromatic heterocycles. The van der Waals surface area contributed by atoms with E-state index in [2.05, 4.69) is 24.2 Å². The molecule has 0 aliphatic heterocycles. The number of hydrogen-bond acceptors (Lipinski definition) is 4. The van der Waals surface area contributed by atoms with Crippen molar-refractivity contribution in [1.29, 1.82) is 0 Å². The maximum Gasteiger partial charge on any atom is 0.145 e. The molecule has 0 saturated carbocycles. The molecule has 0 aliphatic carbocycles. The smallest absolute Gasteiger partial charge is 0.145 e. The number of likely N-dealkylation sites (N-methyl/N-ethyl adjacent to an activating group) is 2. The van der Waals surface area contributed by atoms with E-state index in [4.69, 9.17) is 9.47 Å². The molecule has 1 aromatic carbocycles. The Labute approximate surface area is 104 Å². The van der Waals surface area contributed by atoms with Crippen molar-refractivity contribution < 1.29 is 9.47 Å². The van der Waals surface area contributed by atoms with Gasteiger partial charge >= 0.3 is 0 Å². The van der Waals surface area contributed by atoms with Crippen LogP contribution in [0.4, 0.5) is 5.69 Å². The van der Waals surface area contributed by atoms with Gasteiger partial charge < -0.3 is 19.7 Å². The molecule has 0 spiro atoms. The van der Waals surface area contributed by atoms with E-state index in [9.17, 15) is 0 Å². The summed E-state index contributed by atoms with van der Waals surface area (Å²) in [7, 11) is 5.39. The summed E-state index contributed by atoms with van der Waals surface area (Å²) in [6, 6.07) is 5.87. The van der Waals surface area contributed by atoms with Gasteiger partial charge in [0.25, 0.3) is 0 Å². The molecule has 0 aliphatic rings. The molecule has 1 N–H and O–H groups in total. The van der Waals surface area contributed by atoms with Crippen molar-refractivity contribution in [3.8, 4) is 11.5 Å². The zero-order valence-electron chi connectivity index (χ0n) is 11.1. The molecule has 0 bridgehead atoms. The minimum Gasteiger partial charge on any atom is -0.497 e. The van der Waals surface area contributed by atoms with Gasteiger partial charge in [-0.15, -0.1) is 0 Å². The monoisotopic (exact) mass is 238 g/mol. The highest BCUT2D eigenvalue weighted by atomic mass is 16.5. The first-order valence-corrected chi connectivity index (χ1v) is 5.86. The minimum atomic E-state index is 0.811. The number of methoxy groups -OCH3 is 2. The number of hydrogen-bond donors (Lipinski definition) is 1. The van der Waals surface area contributed by atoms with E-state index in [1.54, 1.807) is 14.2 Å². The Morgan fingerprint density at radius 3 is 2.59 bits per heavy atom. The van der Waals surface area contributed by atoms with Crippen molar-refractivity contribution in [3.05, 3.63) is 18.2 Å². The van der Waals surface area contributed by atoms with E-state index >= 15 is 0 Å². The van der Waals surface area contributed by atoms with Crippen molar-refractivity contribution >= 4 is 5.69 Å². The van der Waals surface area contributed by atoms with Gasteiger partial charge in [0.05, 0.1) is 19.9 Å². The molecular weight excluding hydrogens is 216 g/mol. The van der Waals surface area contributed by atoms with E-state index < -0.39 is 0 Å². The number of ether oxygens (including phenoxy) is 2. The summed E-state index contributed by atoms with van der Waals surface area (Å²) in [4.78, 5) is 2.17. The van der Waals surface area contributed by atoms with Gasteiger partial charge in [-0.3, -0.25) is 0 Å². The zero-order valence-corrected chi connectivity index (χ0v) is 11.1. The van der Waals surface area contributed by atoms with Crippen LogP contribution in [0.3, 0.4) is 0 Å². The maximum absolute atomic E-state index is 5.37. The maximum atomic E-state index is 5.37. The minimum absolute atomic E-state index is 0.811. The van der Waals surface area contributed by atoms with Crippen LogP contribution < -0.4 is 19.7 Å². The predicted octanol–water partition coefficient (Wildman–Crippen LogP) is 1.75. The summed E-state index contributed by atoms with van der Waals surface area (Å²) in [6.45, 7) is 5.00. The van der Waals surface area contributed by atoms with Gasteiger partial charge in [-0.2, -0.15) is 0 Å². The second kappa shape index (κ2) is 7.01. The van der Waals surface area contributed by atoms with Crippen LogP contribution in [0.1, 0.15) is 6.92 Å². The quantitative estimate of drug-likeness (QED) is 0.734. The van der Waals surface area contributed by atoms with E-state index in [1.165, 1.54) is 0 Å². The number of anilines is 1. The van der Waals surface area contributed by atoms with Crippen LogP contribution in [0.5, 0.6) is 11.5 Å². The van der Waals surface area contributed by atoms with Crippen LogP contribution in [-0.2, 0) is 0 Å². The Hall–Kier alpha value is -1.42. The Morgan fingerprint density at radius 1 is 1.24 bits per heavy atom. The van der Waals surface area contributed by atoms with E-state index in [-0.39, 0.29) is 0 Å². The SMILES string of the molecule is CCNCCN(C)c1ccc(OC)cc1OC. The van der Waals surface area contributed by atoms with Crippen molar-refractivity contribution in [2.45, 2.75) is 6.92 Å². The number of rotatable bonds is 7. The molecular formula is C13H22N2O2. The van der Waals surface area contributed by atoms with Crippen LogP contribution in [0.2, 0.25) is 0 Å². The number of benzene rings is 1. The standard InChI is InChI=1S/C13H22N2O2/c1-5-14-8-9-15(2)12-7-6-11(16-3)10-13(12)17-4/h6-7,10,14H,5,8-9H2,1-4H3. The van der Waals surface area contributed by atoms with Gasteiger partial charge in [-0.05, 0) is 18.7 Å². The van der Waals surface area contributed by atoms with Crippen LogP contribution in [0.15, 0.2) is 18.2 Å². The Morgan fingerprint density at radius 2 is 2.00 bits per heavy atom. The Kier molecular flexibility index (Phi) is 5.63. The third-order valence-corrected chi connectivity index (χ3v) is 2.67. The average Bonchev–Trinajstić information content (AvgIpc) is 2.38. The van der Waals surface area contributed by atoms with Crippen LogP contribution in [0.25, 0.3) is 0 Å². The van der Waals surface area contributed by atoms with E-state index in [0.29, 0.717) is 0 Å². The fraction of sp³-hybridized carbons (Fsp3) is 0.538. The topological polar surface area (TPSA) is 33.7 Å². The lowest BCUT2D eigenvalue weighted by molar-refractivity contribution is 0.394. The van der Waals surface area contributed by atoms with Crippen LogP contribution >= 0.6 is 0 Å². The van der Waals surface area contributed by atoms with Crippen LogP contribution in [0, 0.1) is 0 Å². The third-order valence-electron chi connectivity index (χ3n) is 2.67. The lowest BCUT2D eigenvalue weighted by atomic mass is 10.2. The van der Waals surface area contributed by atoms with Crippen molar-refractivity contribution in [2.24, 2.45) is 0 Å².